The van der Waals surface area contributed by atoms with E-state index in [1.807, 2.05) is 39.0 Å². The Morgan fingerprint density at radius 1 is 1.31 bits per heavy atom. The number of hydrogen-bond acceptors (Lipinski definition) is 6. The van der Waals surface area contributed by atoms with Crippen molar-refractivity contribution in [1.29, 1.82) is 0 Å². The van der Waals surface area contributed by atoms with Gasteiger partial charge in [0.15, 0.2) is 11.4 Å². The maximum atomic E-state index is 12.1. The van der Waals surface area contributed by atoms with Gasteiger partial charge in [-0.25, -0.2) is 9.59 Å². The average Bonchev–Trinajstić information content (AvgIpc) is 2.99. The van der Waals surface area contributed by atoms with Crippen LogP contribution in [-0.4, -0.2) is 53.3 Å². The molecule has 0 unspecified atom stereocenters. The molecule has 2 aromatic rings. The molecule has 0 bridgehead atoms. The van der Waals surface area contributed by atoms with Crippen LogP contribution in [0.15, 0.2) is 22.7 Å². The Kier molecular flexibility index (Phi) is 4.68. The van der Waals surface area contributed by atoms with Crippen molar-refractivity contribution < 1.29 is 23.6 Å². The molecule has 1 N–H and O–H groups in total. The van der Waals surface area contributed by atoms with Crippen molar-refractivity contribution in [3.8, 4) is 0 Å². The van der Waals surface area contributed by atoms with Crippen LogP contribution in [0.5, 0.6) is 0 Å². The number of imide groups is 1. The molecular weight excluding hydrogens is 376 g/mol. The molecule has 4 amide bonds. The number of urea groups is 1. The number of fused-ring (bicyclic) bond motifs is 1. The van der Waals surface area contributed by atoms with E-state index in [1.165, 1.54) is 4.90 Å². The number of nitrogens with one attached hydrogen (secondary N) is 1. The van der Waals surface area contributed by atoms with Gasteiger partial charge in [-0.2, -0.15) is 0 Å². The molecule has 0 atom stereocenters. The molecule has 2 saturated heterocycles. The number of benzene rings is 1. The Hall–Kier alpha value is -3.10. The molecule has 2 aliphatic heterocycles. The second-order valence-corrected chi connectivity index (χ2v) is 8.55. The lowest BCUT2D eigenvalue weighted by molar-refractivity contribution is -0.120. The third-order valence-corrected chi connectivity index (χ3v) is 4.96. The van der Waals surface area contributed by atoms with Crippen LogP contribution < -0.4 is 10.2 Å². The van der Waals surface area contributed by atoms with Crippen LogP contribution in [0.25, 0.3) is 11.0 Å². The maximum Gasteiger partial charge on any atom is 0.410 e. The van der Waals surface area contributed by atoms with E-state index in [0.717, 1.165) is 17.4 Å². The number of carbonyl (C=O) groups excluding carboxylic acids is 3. The monoisotopic (exact) mass is 400 g/mol. The highest BCUT2D eigenvalue weighted by molar-refractivity contribution is 6.08. The molecule has 0 radical (unpaired) electrons. The van der Waals surface area contributed by atoms with Gasteiger partial charge in [0.2, 0.25) is 5.91 Å². The van der Waals surface area contributed by atoms with Crippen molar-refractivity contribution in [2.45, 2.75) is 39.2 Å². The fourth-order valence-corrected chi connectivity index (χ4v) is 3.57. The normalized spacial score (nSPS) is 18.0. The average molecular weight is 400 g/mol. The Morgan fingerprint density at radius 2 is 2.07 bits per heavy atom. The highest BCUT2D eigenvalue weighted by Crippen LogP contribution is 2.30. The van der Waals surface area contributed by atoms with E-state index < -0.39 is 11.6 Å². The third-order valence-electron chi connectivity index (χ3n) is 4.96. The molecule has 4 rings (SSSR count). The van der Waals surface area contributed by atoms with Crippen LogP contribution in [0, 0.1) is 5.92 Å². The highest BCUT2D eigenvalue weighted by atomic mass is 16.6. The lowest BCUT2D eigenvalue weighted by Crippen LogP contribution is -2.52. The minimum atomic E-state index is -0.497. The number of rotatable bonds is 3. The minimum Gasteiger partial charge on any atom is -0.444 e. The summed E-state index contributed by atoms with van der Waals surface area (Å²) in [6.45, 7) is 7.13. The maximum absolute atomic E-state index is 12.1. The van der Waals surface area contributed by atoms with Crippen LogP contribution in [0.1, 0.15) is 32.8 Å². The van der Waals surface area contributed by atoms with Gasteiger partial charge in [-0.05, 0) is 50.8 Å². The second-order valence-electron chi connectivity index (χ2n) is 8.55. The summed E-state index contributed by atoms with van der Waals surface area (Å²) in [7, 11) is 0. The SMILES string of the molecule is CC(C)(C)OC(=O)N1CC(Cc2ccc3onc(N4CCC(=O)NC4=O)c3c2)C1. The smallest absolute Gasteiger partial charge is 0.410 e. The number of amides is 4. The van der Waals surface area contributed by atoms with E-state index in [-0.39, 0.29) is 25.0 Å². The number of anilines is 1. The Balaban J connectivity index is 1.43. The van der Waals surface area contributed by atoms with Crippen LogP contribution in [-0.2, 0) is 16.0 Å². The summed E-state index contributed by atoms with van der Waals surface area (Å²) in [5, 5.41) is 7.06. The molecule has 29 heavy (non-hydrogen) atoms. The largest absolute Gasteiger partial charge is 0.444 e. The Bertz CT molecular complexity index is 971. The summed E-state index contributed by atoms with van der Waals surface area (Å²) >= 11 is 0. The van der Waals surface area contributed by atoms with E-state index in [2.05, 4.69) is 10.5 Å². The van der Waals surface area contributed by atoms with E-state index >= 15 is 0 Å². The Morgan fingerprint density at radius 3 is 2.76 bits per heavy atom. The molecule has 0 saturated carbocycles. The highest BCUT2D eigenvalue weighted by Gasteiger charge is 2.34. The van der Waals surface area contributed by atoms with Gasteiger partial charge in [0, 0.05) is 26.1 Å². The third kappa shape index (κ3) is 4.03. The first-order valence-corrected chi connectivity index (χ1v) is 9.67. The number of ether oxygens (including phenoxy) is 1. The molecule has 9 heteroatoms. The first-order chi connectivity index (χ1) is 13.7. The predicted molar refractivity (Wildman–Crippen MR) is 105 cm³/mol. The van der Waals surface area contributed by atoms with Crippen molar-refractivity contribution >= 4 is 34.8 Å². The summed E-state index contributed by atoms with van der Waals surface area (Å²) < 4.78 is 10.7. The molecule has 2 aliphatic rings. The van der Waals surface area contributed by atoms with Gasteiger partial charge in [-0.1, -0.05) is 11.2 Å². The standard InChI is InChI=1S/C20H24N4O5/c1-20(2,3)28-19(27)23-10-13(11-23)8-12-4-5-15-14(9-12)17(22-29-15)24-7-6-16(25)21-18(24)26/h4-5,9,13H,6-8,10-11H2,1-3H3,(H,21,25,26). The zero-order valence-corrected chi connectivity index (χ0v) is 16.7. The number of carbonyl (C=O) groups is 3. The van der Waals surface area contributed by atoms with Crippen molar-refractivity contribution in [3.63, 3.8) is 0 Å². The fraction of sp³-hybridized carbons (Fsp3) is 0.500. The first kappa shape index (κ1) is 19.2. The first-order valence-electron chi connectivity index (χ1n) is 9.67. The van der Waals surface area contributed by atoms with Crippen LogP contribution in [0.4, 0.5) is 15.4 Å². The zero-order valence-electron chi connectivity index (χ0n) is 16.7. The van der Waals surface area contributed by atoms with Crippen molar-refractivity contribution in [3.05, 3.63) is 23.8 Å². The number of aromatic nitrogens is 1. The topological polar surface area (TPSA) is 105 Å². The molecule has 0 spiro atoms. The molecule has 9 nitrogen and oxygen atoms in total. The summed E-state index contributed by atoms with van der Waals surface area (Å²) in [5.41, 5.74) is 1.16. The number of likely N-dealkylation sites (tertiary alicyclic amines) is 1. The second kappa shape index (κ2) is 7.06. The van der Waals surface area contributed by atoms with Crippen LogP contribution >= 0.6 is 0 Å². The molecule has 1 aromatic carbocycles. The summed E-state index contributed by atoms with van der Waals surface area (Å²) in [4.78, 5) is 38.7. The van der Waals surface area contributed by atoms with Crippen LogP contribution in [0.2, 0.25) is 0 Å². The van der Waals surface area contributed by atoms with Crippen molar-refractivity contribution in [1.82, 2.24) is 15.4 Å². The van der Waals surface area contributed by atoms with Gasteiger partial charge in [-0.15, -0.1) is 0 Å². The molecule has 2 fully saturated rings. The number of hydrogen-bond donors (Lipinski definition) is 1. The molecule has 1 aromatic heterocycles. The van der Waals surface area contributed by atoms with E-state index in [4.69, 9.17) is 9.26 Å². The van der Waals surface area contributed by atoms with Gasteiger partial charge in [0.1, 0.15) is 5.60 Å². The Labute approximate surface area is 167 Å². The van der Waals surface area contributed by atoms with Crippen LogP contribution in [0.3, 0.4) is 0 Å². The van der Waals surface area contributed by atoms with Gasteiger partial charge in [0.05, 0.1) is 5.39 Å². The lowest BCUT2D eigenvalue weighted by atomic mass is 9.92. The summed E-state index contributed by atoms with van der Waals surface area (Å²) in [5.74, 6) is 0.467. The van der Waals surface area contributed by atoms with Gasteiger partial charge in [-0.3, -0.25) is 15.0 Å². The number of nitrogens with zero attached hydrogens (tertiary/aromatic N) is 3. The molecule has 0 aliphatic carbocycles. The zero-order chi connectivity index (χ0) is 20.8. The van der Waals surface area contributed by atoms with Gasteiger partial charge < -0.3 is 14.2 Å². The molecule has 154 valence electrons. The molecule has 3 heterocycles. The lowest BCUT2D eigenvalue weighted by Gasteiger charge is -2.39. The predicted octanol–water partition coefficient (Wildman–Crippen LogP) is 2.68. The van der Waals surface area contributed by atoms with Crippen molar-refractivity contribution in [2.24, 2.45) is 5.92 Å². The van der Waals surface area contributed by atoms with E-state index in [0.29, 0.717) is 30.4 Å². The summed E-state index contributed by atoms with van der Waals surface area (Å²) in [6.07, 6.45) is 0.739. The van der Waals surface area contributed by atoms with Gasteiger partial charge in [0.25, 0.3) is 0 Å². The van der Waals surface area contributed by atoms with Crippen molar-refractivity contribution in [2.75, 3.05) is 24.5 Å². The minimum absolute atomic E-state index is 0.225. The quantitative estimate of drug-likeness (QED) is 0.849. The molecular formula is C20H24N4O5. The summed E-state index contributed by atoms with van der Waals surface area (Å²) in [6, 6.07) is 5.26. The van der Waals surface area contributed by atoms with E-state index in [9.17, 15) is 14.4 Å². The fourth-order valence-electron chi connectivity index (χ4n) is 3.57. The van der Waals surface area contributed by atoms with E-state index in [1.54, 1.807) is 4.90 Å². The van der Waals surface area contributed by atoms with Gasteiger partial charge >= 0.3 is 12.1 Å².